The molecule has 120 valence electrons. The van der Waals surface area contributed by atoms with E-state index in [1.165, 1.54) is 11.5 Å². The van der Waals surface area contributed by atoms with Crippen LogP contribution >= 0.6 is 23.5 Å². The minimum atomic E-state index is -0.202. The zero-order chi connectivity index (χ0) is 15.6. The number of pyridine rings is 1. The number of hydrogen-bond donors (Lipinski definition) is 0. The highest BCUT2D eigenvalue weighted by molar-refractivity contribution is 8.21. The number of likely N-dealkylation sites (tertiary alicyclic amines) is 1. The second-order valence-corrected chi connectivity index (χ2v) is 8.99. The molecule has 0 aromatic carbocycles. The average Bonchev–Trinajstić information content (AvgIpc) is 2.95. The maximum absolute atomic E-state index is 12.5. The molecule has 0 saturated carbocycles. The lowest BCUT2D eigenvalue weighted by Gasteiger charge is -2.47. The van der Waals surface area contributed by atoms with Crippen molar-refractivity contribution in [2.75, 3.05) is 18.1 Å². The minimum Gasteiger partial charge on any atom is -0.450 e. The van der Waals surface area contributed by atoms with Gasteiger partial charge in [0.15, 0.2) is 0 Å². The van der Waals surface area contributed by atoms with E-state index >= 15 is 0 Å². The van der Waals surface area contributed by atoms with Crippen LogP contribution in [-0.4, -0.2) is 44.2 Å². The Kier molecular flexibility index (Phi) is 4.88. The monoisotopic (exact) mass is 338 g/mol. The molecule has 0 aliphatic carbocycles. The van der Waals surface area contributed by atoms with Gasteiger partial charge < -0.3 is 4.74 Å². The van der Waals surface area contributed by atoms with Crippen LogP contribution < -0.4 is 0 Å². The fourth-order valence-electron chi connectivity index (χ4n) is 3.42. The third kappa shape index (κ3) is 3.08. The van der Waals surface area contributed by atoms with Crippen molar-refractivity contribution in [3.63, 3.8) is 0 Å². The van der Waals surface area contributed by atoms with Crippen LogP contribution in [0.2, 0.25) is 0 Å². The molecule has 0 N–H and O–H groups in total. The third-order valence-electron chi connectivity index (χ3n) is 4.28. The molecule has 1 aromatic heterocycles. The van der Waals surface area contributed by atoms with Crippen LogP contribution in [0.4, 0.5) is 4.79 Å². The fourth-order valence-corrected chi connectivity index (χ4v) is 6.93. The number of piperidine rings is 1. The van der Waals surface area contributed by atoms with Crippen LogP contribution in [0.5, 0.6) is 0 Å². The molecule has 2 saturated heterocycles. The summed E-state index contributed by atoms with van der Waals surface area (Å²) in [6.07, 6.45) is 5.45. The molecule has 0 bridgehead atoms. The Morgan fingerprint density at radius 3 is 2.86 bits per heavy atom. The van der Waals surface area contributed by atoms with Crippen molar-refractivity contribution in [2.45, 2.75) is 42.9 Å². The largest absolute Gasteiger partial charge is 0.450 e. The van der Waals surface area contributed by atoms with Gasteiger partial charge in [0.25, 0.3) is 0 Å². The van der Waals surface area contributed by atoms with Crippen molar-refractivity contribution in [2.24, 2.45) is 0 Å². The number of carbonyl (C=O) groups excluding carboxylic acids is 1. The molecule has 2 fully saturated rings. The smallest absolute Gasteiger partial charge is 0.410 e. The van der Waals surface area contributed by atoms with Crippen LogP contribution in [0.1, 0.15) is 38.3 Å². The lowest BCUT2D eigenvalue weighted by Crippen LogP contribution is -2.50. The molecular formula is C16H22N2O2S2. The highest BCUT2D eigenvalue weighted by Crippen LogP contribution is 2.56. The molecule has 0 unspecified atom stereocenters. The quantitative estimate of drug-likeness (QED) is 0.817. The molecule has 1 aromatic rings. The second-order valence-electron chi connectivity index (χ2n) is 5.77. The van der Waals surface area contributed by atoms with Gasteiger partial charge in [-0.05, 0) is 38.3 Å². The summed E-state index contributed by atoms with van der Waals surface area (Å²) in [5, 5.41) is 0. The molecule has 3 rings (SSSR count). The van der Waals surface area contributed by atoms with Gasteiger partial charge in [0.05, 0.1) is 16.7 Å². The Morgan fingerprint density at radius 1 is 1.45 bits per heavy atom. The van der Waals surface area contributed by atoms with Crippen LogP contribution in [0.15, 0.2) is 24.5 Å². The highest BCUT2D eigenvalue weighted by Gasteiger charge is 2.48. The van der Waals surface area contributed by atoms with Gasteiger partial charge >= 0.3 is 6.09 Å². The summed E-state index contributed by atoms with van der Waals surface area (Å²) in [7, 11) is 0. The maximum Gasteiger partial charge on any atom is 0.410 e. The Balaban J connectivity index is 1.92. The third-order valence-corrected chi connectivity index (χ3v) is 7.78. The Labute approximate surface area is 140 Å². The first-order valence-corrected chi connectivity index (χ1v) is 9.75. The first-order chi connectivity index (χ1) is 10.7. The summed E-state index contributed by atoms with van der Waals surface area (Å²) in [4.78, 5) is 18.6. The van der Waals surface area contributed by atoms with Gasteiger partial charge in [-0.3, -0.25) is 9.88 Å². The van der Waals surface area contributed by atoms with Crippen molar-refractivity contribution in [3.8, 4) is 0 Å². The molecule has 0 radical (unpaired) electrons. The number of hydrogen-bond acceptors (Lipinski definition) is 5. The summed E-state index contributed by atoms with van der Waals surface area (Å²) in [5.74, 6) is 2.41. The molecule has 1 amide bonds. The number of amides is 1. The highest BCUT2D eigenvalue weighted by atomic mass is 32.2. The van der Waals surface area contributed by atoms with E-state index in [0.29, 0.717) is 6.61 Å². The van der Waals surface area contributed by atoms with E-state index < -0.39 is 0 Å². The number of carbonyl (C=O) groups is 1. The van der Waals surface area contributed by atoms with Gasteiger partial charge in [-0.2, -0.15) is 0 Å². The SMILES string of the molecule is CCOC(=O)N1[C@@H](c2cccnc2)CC2(C[C@@H]1C)SCCS2. The molecule has 1 spiro atoms. The van der Waals surface area contributed by atoms with E-state index in [-0.39, 0.29) is 22.3 Å². The van der Waals surface area contributed by atoms with Gasteiger partial charge in [-0.1, -0.05) is 6.07 Å². The molecule has 2 atom stereocenters. The number of nitrogens with zero attached hydrogens (tertiary/aromatic N) is 2. The summed E-state index contributed by atoms with van der Waals surface area (Å²) < 4.78 is 5.55. The van der Waals surface area contributed by atoms with Crippen molar-refractivity contribution >= 4 is 29.6 Å². The zero-order valence-electron chi connectivity index (χ0n) is 13.0. The summed E-state index contributed by atoms with van der Waals surface area (Å²) in [6, 6.07) is 4.24. The molecule has 2 aliphatic heterocycles. The van der Waals surface area contributed by atoms with Crippen molar-refractivity contribution in [1.29, 1.82) is 0 Å². The first-order valence-electron chi connectivity index (χ1n) is 7.78. The molecule has 6 heteroatoms. The van der Waals surface area contributed by atoms with Crippen LogP contribution in [0.25, 0.3) is 0 Å². The minimum absolute atomic E-state index is 0.0506. The summed E-state index contributed by atoms with van der Waals surface area (Å²) in [6.45, 7) is 4.41. The van der Waals surface area contributed by atoms with Gasteiger partial charge in [0.2, 0.25) is 0 Å². The lowest BCUT2D eigenvalue weighted by molar-refractivity contribution is 0.0521. The van der Waals surface area contributed by atoms with Gasteiger partial charge in [0, 0.05) is 29.9 Å². The molecule has 3 heterocycles. The molecular weight excluding hydrogens is 316 g/mol. The van der Waals surface area contributed by atoms with Gasteiger partial charge in [0.1, 0.15) is 0 Å². The maximum atomic E-state index is 12.5. The van der Waals surface area contributed by atoms with Crippen LogP contribution in [0.3, 0.4) is 0 Å². The number of rotatable bonds is 2. The first kappa shape index (κ1) is 16.0. The zero-order valence-corrected chi connectivity index (χ0v) is 14.7. The Morgan fingerprint density at radius 2 is 2.23 bits per heavy atom. The normalized spacial score (nSPS) is 27.1. The predicted octanol–water partition coefficient (Wildman–Crippen LogP) is 3.94. The predicted molar refractivity (Wildman–Crippen MR) is 92.2 cm³/mol. The van der Waals surface area contributed by atoms with E-state index in [9.17, 15) is 4.79 Å². The van der Waals surface area contributed by atoms with E-state index in [1.807, 2.05) is 24.1 Å². The van der Waals surface area contributed by atoms with E-state index in [2.05, 4.69) is 41.5 Å². The van der Waals surface area contributed by atoms with Crippen LogP contribution in [0, 0.1) is 0 Å². The topological polar surface area (TPSA) is 42.4 Å². The number of ether oxygens (including phenoxy) is 1. The van der Waals surface area contributed by atoms with Crippen molar-refractivity contribution in [1.82, 2.24) is 9.88 Å². The van der Waals surface area contributed by atoms with E-state index in [4.69, 9.17) is 4.74 Å². The Hall–Kier alpha value is -0.880. The summed E-state index contributed by atoms with van der Waals surface area (Å²) >= 11 is 4.12. The molecule has 2 aliphatic rings. The second kappa shape index (κ2) is 6.71. The number of aromatic nitrogens is 1. The van der Waals surface area contributed by atoms with E-state index in [0.717, 1.165) is 18.4 Å². The molecule has 4 nitrogen and oxygen atoms in total. The van der Waals surface area contributed by atoms with E-state index in [1.54, 1.807) is 6.20 Å². The lowest BCUT2D eigenvalue weighted by atomic mass is 9.91. The van der Waals surface area contributed by atoms with Crippen LogP contribution in [-0.2, 0) is 4.74 Å². The van der Waals surface area contributed by atoms with Gasteiger partial charge in [-0.15, -0.1) is 23.5 Å². The fraction of sp³-hybridized carbons (Fsp3) is 0.625. The average molecular weight is 338 g/mol. The van der Waals surface area contributed by atoms with Crippen molar-refractivity contribution < 1.29 is 9.53 Å². The molecule has 22 heavy (non-hydrogen) atoms. The summed E-state index contributed by atoms with van der Waals surface area (Å²) in [5.41, 5.74) is 1.11. The Bertz CT molecular complexity index is 520. The van der Waals surface area contributed by atoms with Gasteiger partial charge in [-0.25, -0.2) is 4.79 Å². The van der Waals surface area contributed by atoms with Crippen molar-refractivity contribution in [3.05, 3.63) is 30.1 Å². The standard InChI is InChI=1S/C16H22N2O2S2/c1-3-20-15(19)18-12(2)9-16(21-7-8-22-16)10-14(18)13-5-4-6-17-11-13/h4-6,11-12,14H,3,7-10H2,1-2H3/t12-,14+/m0/s1. The number of thioether (sulfide) groups is 2.